The van der Waals surface area contributed by atoms with Crippen LogP contribution in [-0.4, -0.2) is 19.4 Å². The van der Waals surface area contributed by atoms with Crippen LogP contribution in [0.15, 0.2) is 35.5 Å². The Bertz CT molecular complexity index is 640. The van der Waals surface area contributed by atoms with Crippen LogP contribution >= 0.6 is 0 Å². The third-order valence-corrected chi connectivity index (χ3v) is 3.83. The van der Waals surface area contributed by atoms with Crippen LogP contribution in [0, 0.1) is 0 Å². The maximum Gasteiger partial charge on any atom is 0.240 e. The van der Waals surface area contributed by atoms with Crippen molar-refractivity contribution in [1.82, 2.24) is 5.32 Å². The lowest BCUT2D eigenvalue weighted by atomic mass is 9.96. The van der Waals surface area contributed by atoms with Gasteiger partial charge >= 0.3 is 0 Å². The van der Waals surface area contributed by atoms with Gasteiger partial charge in [-0.25, -0.2) is 4.79 Å². The molecule has 1 atom stereocenters. The maximum atomic E-state index is 10.8. The molecule has 1 heterocycles. The Labute approximate surface area is 117 Å². The number of hydrogen-bond acceptors (Lipinski definition) is 4. The van der Waals surface area contributed by atoms with Crippen molar-refractivity contribution < 1.29 is 9.53 Å². The predicted molar refractivity (Wildman–Crippen MR) is 77.3 cm³/mol. The summed E-state index contributed by atoms with van der Waals surface area (Å²) in [5.41, 5.74) is 5.23. The summed E-state index contributed by atoms with van der Waals surface area (Å²) in [5.74, 6) is 0. The number of isocyanates is 1. The van der Waals surface area contributed by atoms with Crippen molar-refractivity contribution in [2.45, 2.75) is 25.5 Å². The van der Waals surface area contributed by atoms with Gasteiger partial charge in [-0.2, -0.15) is 4.99 Å². The van der Waals surface area contributed by atoms with E-state index in [0.717, 1.165) is 36.1 Å². The Morgan fingerprint density at radius 2 is 2.30 bits per heavy atom. The minimum absolute atomic E-state index is 0.156. The first kappa shape index (κ1) is 12.9. The fraction of sp³-hybridized carbons (Fsp3) is 0.312. The number of benzene rings is 1. The highest BCUT2D eigenvalue weighted by molar-refractivity contribution is 5.84. The number of hydrogen-bond donors (Lipinski definition) is 1. The number of fused-ring (bicyclic) bond motifs is 1. The van der Waals surface area contributed by atoms with Gasteiger partial charge in [0.15, 0.2) is 0 Å². The van der Waals surface area contributed by atoms with Crippen molar-refractivity contribution in [3.63, 3.8) is 0 Å². The van der Waals surface area contributed by atoms with E-state index in [9.17, 15) is 4.79 Å². The summed E-state index contributed by atoms with van der Waals surface area (Å²) in [4.78, 5) is 14.7. The SMILES string of the molecule is COC1C=C(c2ccc3c(c2N=C=O)CCC3)C=CN1. The summed E-state index contributed by atoms with van der Waals surface area (Å²) in [6.45, 7) is 0. The van der Waals surface area contributed by atoms with Crippen molar-refractivity contribution in [3.05, 3.63) is 47.2 Å². The van der Waals surface area contributed by atoms with Crippen LogP contribution in [0.5, 0.6) is 0 Å². The second kappa shape index (κ2) is 5.45. The molecule has 1 N–H and O–H groups in total. The molecule has 0 aromatic heterocycles. The van der Waals surface area contributed by atoms with Crippen molar-refractivity contribution >= 4 is 17.3 Å². The molecule has 0 radical (unpaired) electrons. The number of rotatable bonds is 3. The van der Waals surface area contributed by atoms with E-state index in [1.165, 1.54) is 11.1 Å². The molecule has 1 aliphatic heterocycles. The molecule has 0 saturated heterocycles. The Morgan fingerprint density at radius 1 is 1.40 bits per heavy atom. The molecule has 4 heteroatoms. The Balaban J connectivity index is 2.12. The van der Waals surface area contributed by atoms with E-state index in [0.29, 0.717) is 0 Å². The number of carbonyl (C=O) groups excluding carboxylic acids is 1. The summed E-state index contributed by atoms with van der Waals surface area (Å²) in [5, 5.41) is 3.09. The van der Waals surface area contributed by atoms with Gasteiger partial charge in [-0.15, -0.1) is 0 Å². The number of nitrogens with zero attached hydrogens (tertiary/aromatic N) is 1. The van der Waals surface area contributed by atoms with Gasteiger partial charge in [0.25, 0.3) is 0 Å². The Hall–Kier alpha value is -2.16. The quantitative estimate of drug-likeness (QED) is 0.677. The fourth-order valence-corrected chi connectivity index (χ4v) is 2.87. The summed E-state index contributed by atoms with van der Waals surface area (Å²) < 4.78 is 5.29. The second-order valence-electron chi connectivity index (χ2n) is 4.93. The predicted octanol–water partition coefficient (Wildman–Crippen LogP) is 2.62. The van der Waals surface area contributed by atoms with Crippen molar-refractivity contribution in [1.29, 1.82) is 0 Å². The molecule has 102 valence electrons. The molecule has 0 amide bonds. The highest BCUT2D eigenvalue weighted by Gasteiger charge is 2.20. The van der Waals surface area contributed by atoms with E-state index >= 15 is 0 Å². The zero-order chi connectivity index (χ0) is 13.9. The zero-order valence-electron chi connectivity index (χ0n) is 11.3. The van der Waals surface area contributed by atoms with E-state index in [2.05, 4.69) is 16.4 Å². The van der Waals surface area contributed by atoms with Crippen LogP contribution in [-0.2, 0) is 22.4 Å². The first-order chi connectivity index (χ1) is 9.83. The van der Waals surface area contributed by atoms with Gasteiger partial charge in [-0.3, -0.25) is 0 Å². The number of methoxy groups -OCH3 is 1. The zero-order valence-corrected chi connectivity index (χ0v) is 11.3. The third-order valence-electron chi connectivity index (χ3n) is 3.83. The van der Waals surface area contributed by atoms with Crippen molar-refractivity contribution in [3.8, 4) is 0 Å². The van der Waals surface area contributed by atoms with Crippen molar-refractivity contribution in [2.24, 2.45) is 4.99 Å². The van der Waals surface area contributed by atoms with Gasteiger partial charge in [0.1, 0.15) is 6.23 Å². The highest BCUT2D eigenvalue weighted by atomic mass is 16.5. The second-order valence-corrected chi connectivity index (χ2v) is 4.93. The van der Waals surface area contributed by atoms with Gasteiger partial charge in [-0.1, -0.05) is 12.1 Å². The lowest BCUT2D eigenvalue weighted by Crippen LogP contribution is -2.26. The summed E-state index contributed by atoms with van der Waals surface area (Å²) in [6, 6.07) is 4.18. The average Bonchev–Trinajstić information content (AvgIpc) is 2.97. The van der Waals surface area contributed by atoms with Gasteiger partial charge < -0.3 is 10.1 Å². The molecule has 0 fully saturated rings. The molecular weight excluding hydrogens is 252 g/mol. The minimum atomic E-state index is -0.156. The smallest absolute Gasteiger partial charge is 0.240 e. The van der Waals surface area contributed by atoms with Gasteiger partial charge in [0.05, 0.1) is 5.69 Å². The average molecular weight is 268 g/mol. The number of nitrogens with one attached hydrogen (secondary N) is 1. The normalized spacial score (nSPS) is 19.9. The maximum absolute atomic E-state index is 10.8. The fourth-order valence-electron chi connectivity index (χ4n) is 2.87. The molecule has 1 aliphatic carbocycles. The van der Waals surface area contributed by atoms with Crippen LogP contribution in [0.2, 0.25) is 0 Å². The standard InChI is InChI=1S/C16H16N2O2/c1-20-15-9-12(7-8-17-15)14-6-5-11-3-2-4-13(11)16(14)18-10-19/h5-9,15,17H,2-4H2,1H3. The number of aliphatic imine (C=N–C) groups is 1. The molecule has 0 saturated carbocycles. The third kappa shape index (κ3) is 2.20. The van der Waals surface area contributed by atoms with Crippen molar-refractivity contribution in [2.75, 3.05) is 7.11 Å². The first-order valence-corrected chi connectivity index (χ1v) is 6.73. The van der Waals surface area contributed by atoms with Gasteiger partial charge in [-0.05, 0) is 54.3 Å². The van der Waals surface area contributed by atoms with E-state index in [-0.39, 0.29) is 6.23 Å². The molecule has 0 spiro atoms. The van der Waals surface area contributed by atoms with Crippen LogP contribution in [0.4, 0.5) is 5.69 Å². The Kier molecular flexibility index (Phi) is 3.50. The number of aryl methyl sites for hydroxylation is 1. The molecule has 4 nitrogen and oxygen atoms in total. The molecule has 2 aliphatic rings. The minimum Gasteiger partial charge on any atom is -0.363 e. The molecule has 1 unspecified atom stereocenters. The summed E-state index contributed by atoms with van der Waals surface area (Å²) in [7, 11) is 1.65. The van der Waals surface area contributed by atoms with Gasteiger partial charge in [0, 0.05) is 12.7 Å². The number of allylic oxidation sites excluding steroid dienone is 2. The molecule has 1 aromatic carbocycles. The largest absolute Gasteiger partial charge is 0.363 e. The molecule has 1 aromatic rings. The first-order valence-electron chi connectivity index (χ1n) is 6.73. The van der Waals surface area contributed by atoms with E-state index in [1.807, 2.05) is 24.4 Å². The van der Waals surface area contributed by atoms with Crippen LogP contribution in [0.1, 0.15) is 23.1 Å². The molecule has 3 rings (SSSR count). The number of dihydropyridines is 1. The lowest BCUT2D eigenvalue weighted by Gasteiger charge is -2.19. The highest BCUT2D eigenvalue weighted by Crippen LogP contribution is 2.37. The number of ether oxygens (including phenoxy) is 1. The summed E-state index contributed by atoms with van der Waals surface area (Å²) in [6.07, 6.45) is 10.5. The molecule has 20 heavy (non-hydrogen) atoms. The summed E-state index contributed by atoms with van der Waals surface area (Å²) >= 11 is 0. The lowest BCUT2D eigenvalue weighted by molar-refractivity contribution is 0.124. The van der Waals surface area contributed by atoms with Gasteiger partial charge in [0.2, 0.25) is 6.08 Å². The topological polar surface area (TPSA) is 50.7 Å². The Morgan fingerprint density at radius 3 is 3.10 bits per heavy atom. The molecular formula is C16H16N2O2. The molecule has 0 bridgehead atoms. The van der Waals surface area contributed by atoms with Crippen LogP contribution < -0.4 is 5.32 Å². The van der Waals surface area contributed by atoms with E-state index < -0.39 is 0 Å². The van der Waals surface area contributed by atoms with E-state index in [1.54, 1.807) is 13.2 Å². The van der Waals surface area contributed by atoms with Crippen LogP contribution in [0.3, 0.4) is 0 Å². The van der Waals surface area contributed by atoms with E-state index in [4.69, 9.17) is 4.74 Å². The monoisotopic (exact) mass is 268 g/mol. The van der Waals surface area contributed by atoms with Crippen LogP contribution in [0.25, 0.3) is 5.57 Å².